The highest BCUT2D eigenvalue weighted by Gasteiger charge is 2.18. The summed E-state index contributed by atoms with van der Waals surface area (Å²) in [5.41, 5.74) is 0.240. The Morgan fingerprint density at radius 1 is 1.23 bits per heavy atom. The van der Waals surface area contributed by atoms with Crippen molar-refractivity contribution in [2.75, 3.05) is 0 Å². The molecular weight excluding hydrogens is 281 g/mol. The molecule has 0 saturated carbocycles. The van der Waals surface area contributed by atoms with Crippen LogP contribution in [0.5, 0.6) is 0 Å². The Kier molecular flexibility index (Phi) is 5.01. The Morgan fingerprint density at radius 2 is 1.95 bits per heavy atom. The van der Waals surface area contributed by atoms with E-state index in [1.165, 1.54) is 6.07 Å². The van der Waals surface area contributed by atoms with E-state index in [9.17, 15) is 9.18 Å². The molecule has 0 aliphatic rings. The summed E-state index contributed by atoms with van der Waals surface area (Å²) < 4.78 is 19.3. The molecule has 0 saturated heterocycles. The SMILES string of the molecule is CCC(C)(C)NC(=O)CCc1ccc(-c2ccccc2F)o1. The summed E-state index contributed by atoms with van der Waals surface area (Å²) in [5, 5.41) is 2.98. The molecular formula is C18H22FNO2. The first-order valence-corrected chi connectivity index (χ1v) is 7.56. The van der Waals surface area contributed by atoms with E-state index in [1.54, 1.807) is 30.3 Å². The number of furan rings is 1. The number of aryl methyl sites for hydroxylation is 1. The Balaban J connectivity index is 1.96. The summed E-state index contributed by atoms with van der Waals surface area (Å²) in [5.74, 6) is 0.853. The molecule has 1 amide bonds. The van der Waals surface area contributed by atoms with E-state index in [4.69, 9.17) is 4.42 Å². The molecule has 1 aromatic carbocycles. The van der Waals surface area contributed by atoms with Gasteiger partial charge in [0.25, 0.3) is 0 Å². The number of amides is 1. The maximum Gasteiger partial charge on any atom is 0.220 e. The fraction of sp³-hybridized carbons (Fsp3) is 0.389. The van der Waals surface area contributed by atoms with Gasteiger partial charge in [-0.05, 0) is 44.5 Å². The molecule has 22 heavy (non-hydrogen) atoms. The monoisotopic (exact) mass is 303 g/mol. The van der Waals surface area contributed by atoms with E-state index >= 15 is 0 Å². The number of rotatable bonds is 6. The Morgan fingerprint density at radius 3 is 2.64 bits per heavy atom. The third-order valence-corrected chi connectivity index (χ3v) is 3.76. The van der Waals surface area contributed by atoms with Crippen LogP contribution in [0.3, 0.4) is 0 Å². The lowest BCUT2D eigenvalue weighted by Crippen LogP contribution is -2.42. The second kappa shape index (κ2) is 6.77. The number of nitrogens with one attached hydrogen (secondary N) is 1. The summed E-state index contributed by atoms with van der Waals surface area (Å²) in [4.78, 5) is 11.9. The van der Waals surface area contributed by atoms with Crippen LogP contribution in [0.1, 0.15) is 39.4 Å². The number of hydrogen-bond acceptors (Lipinski definition) is 2. The molecule has 0 spiro atoms. The highest BCUT2D eigenvalue weighted by atomic mass is 19.1. The van der Waals surface area contributed by atoms with E-state index in [-0.39, 0.29) is 17.3 Å². The number of halogens is 1. The molecule has 1 N–H and O–H groups in total. The van der Waals surface area contributed by atoms with Gasteiger partial charge in [0.2, 0.25) is 5.91 Å². The van der Waals surface area contributed by atoms with Crippen LogP contribution in [0, 0.1) is 5.82 Å². The normalized spacial score (nSPS) is 11.5. The van der Waals surface area contributed by atoms with Crippen LogP contribution < -0.4 is 5.32 Å². The summed E-state index contributed by atoms with van der Waals surface area (Å²) in [7, 11) is 0. The fourth-order valence-corrected chi connectivity index (χ4v) is 2.08. The fourth-order valence-electron chi connectivity index (χ4n) is 2.08. The zero-order chi connectivity index (χ0) is 16.2. The average molecular weight is 303 g/mol. The largest absolute Gasteiger partial charge is 0.461 e. The number of carbonyl (C=O) groups is 1. The van der Waals surface area contributed by atoms with Crippen LogP contribution >= 0.6 is 0 Å². The Hall–Kier alpha value is -2.10. The standard InChI is InChI=1S/C18H22FNO2/c1-4-18(2,3)20-17(21)12-10-13-9-11-16(22-13)14-7-5-6-8-15(14)19/h5-9,11H,4,10,12H2,1-3H3,(H,20,21). The lowest BCUT2D eigenvalue weighted by Gasteiger charge is -2.24. The zero-order valence-corrected chi connectivity index (χ0v) is 13.3. The quantitative estimate of drug-likeness (QED) is 0.863. The molecule has 0 atom stereocenters. The molecule has 0 fully saturated rings. The minimum Gasteiger partial charge on any atom is -0.461 e. The van der Waals surface area contributed by atoms with Crippen molar-refractivity contribution >= 4 is 5.91 Å². The van der Waals surface area contributed by atoms with Gasteiger partial charge in [-0.3, -0.25) is 4.79 Å². The minimum absolute atomic E-state index is 0.00399. The van der Waals surface area contributed by atoms with Crippen LogP contribution in [-0.4, -0.2) is 11.4 Å². The smallest absolute Gasteiger partial charge is 0.220 e. The zero-order valence-electron chi connectivity index (χ0n) is 13.3. The third kappa shape index (κ3) is 4.20. The third-order valence-electron chi connectivity index (χ3n) is 3.76. The second-order valence-corrected chi connectivity index (χ2v) is 6.03. The lowest BCUT2D eigenvalue weighted by atomic mass is 10.0. The first-order valence-electron chi connectivity index (χ1n) is 7.56. The van der Waals surface area contributed by atoms with Crippen molar-refractivity contribution in [3.8, 4) is 11.3 Å². The van der Waals surface area contributed by atoms with Gasteiger partial charge in [0, 0.05) is 18.4 Å². The van der Waals surface area contributed by atoms with E-state index < -0.39 is 0 Å². The topological polar surface area (TPSA) is 42.2 Å². The minimum atomic E-state index is -0.314. The molecule has 0 unspecified atom stereocenters. The van der Waals surface area contributed by atoms with Gasteiger partial charge >= 0.3 is 0 Å². The first-order chi connectivity index (χ1) is 10.4. The average Bonchev–Trinajstić information content (AvgIpc) is 2.94. The van der Waals surface area contributed by atoms with Crippen molar-refractivity contribution in [3.63, 3.8) is 0 Å². The number of benzene rings is 1. The Bertz CT molecular complexity index is 646. The molecule has 3 nitrogen and oxygen atoms in total. The Labute approximate surface area is 130 Å². The highest BCUT2D eigenvalue weighted by Crippen LogP contribution is 2.25. The van der Waals surface area contributed by atoms with Gasteiger partial charge in [0.05, 0.1) is 5.56 Å². The number of hydrogen-bond donors (Lipinski definition) is 1. The van der Waals surface area contributed by atoms with Gasteiger partial charge < -0.3 is 9.73 Å². The predicted octanol–water partition coefficient (Wildman–Crippen LogP) is 4.32. The predicted molar refractivity (Wildman–Crippen MR) is 84.9 cm³/mol. The van der Waals surface area contributed by atoms with E-state index in [0.717, 1.165) is 6.42 Å². The molecule has 2 aromatic rings. The van der Waals surface area contributed by atoms with Gasteiger partial charge in [-0.25, -0.2) is 4.39 Å². The van der Waals surface area contributed by atoms with Gasteiger partial charge in [0.1, 0.15) is 17.3 Å². The van der Waals surface area contributed by atoms with Crippen molar-refractivity contribution in [2.45, 2.75) is 45.6 Å². The highest BCUT2D eigenvalue weighted by molar-refractivity contribution is 5.76. The molecule has 118 valence electrons. The maximum atomic E-state index is 13.7. The first kappa shape index (κ1) is 16.3. The van der Waals surface area contributed by atoms with Crippen molar-refractivity contribution in [2.24, 2.45) is 0 Å². The molecule has 1 aromatic heterocycles. The lowest BCUT2D eigenvalue weighted by molar-refractivity contribution is -0.122. The molecule has 4 heteroatoms. The maximum absolute atomic E-state index is 13.7. The molecule has 0 radical (unpaired) electrons. The number of carbonyl (C=O) groups excluding carboxylic acids is 1. The van der Waals surface area contributed by atoms with Crippen LogP contribution in [0.4, 0.5) is 4.39 Å². The molecule has 0 aliphatic heterocycles. The van der Waals surface area contributed by atoms with Gasteiger partial charge in [-0.2, -0.15) is 0 Å². The summed E-state index contributed by atoms with van der Waals surface area (Å²) in [6.45, 7) is 6.02. The van der Waals surface area contributed by atoms with Crippen molar-refractivity contribution in [3.05, 3.63) is 48.0 Å². The second-order valence-electron chi connectivity index (χ2n) is 6.03. The van der Waals surface area contributed by atoms with Crippen LogP contribution in [0.2, 0.25) is 0 Å². The van der Waals surface area contributed by atoms with Crippen LogP contribution in [0.15, 0.2) is 40.8 Å². The van der Waals surface area contributed by atoms with E-state index in [1.807, 2.05) is 20.8 Å². The summed E-state index contributed by atoms with van der Waals surface area (Å²) in [6.07, 6.45) is 1.73. The summed E-state index contributed by atoms with van der Waals surface area (Å²) >= 11 is 0. The van der Waals surface area contributed by atoms with Gasteiger partial charge in [0.15, 0.2) is 0 Å². The van der Waals surface area contributed by atoms with E-state index in [2.05, 4.69) is 5.32 Å². The molecule has 0 bridgehead atoms. The van der Waals surface area contributed by atoms with Crippen molar-refractivity contribution < 1.29 is 13.6 Å². The molecule has 2 rings (SSSR count). The van der Waals surface area contributed by atoms with Crippen LogP contribution in [-0.2, 0) is 11.2 Å². The van der Waals surface area contributed by atoms with Gasteiger partial charge in [-0.1, -0.05) is 19.1 Å². The summed E-state index contributed by atoms with van der Waals surface area (Å²) in [6, 6.07) is 10.0. The van der Waals surface area contributed by atoms with Crippen LogP contribution in [0.25, 0.3) is 11.3 Å². The van der Waals surface area contributed by atoms with Crippen molar-refractivity contribution in [1.29, 1.82) is 0 Å². The van der Waals surface area contributed by atoms with Crippen molar-refractivity contribution in [1.82, 2.24) is 5.32 Å². The van der Waals surface area contributed by atoms with Gasteiger partial charge in [-0.15, -0.1) is 0 Å². The molecule has 1 heterocycles. The molecule has 0 aliphatic carbocycles. The van der Waals surface area contributed by atoms with E-state index in [0.29, 0.717) is 29.9 Å².